The number of nitrogens with zero attached hydrogens (tertiary/aromatic N) is 2. The fourth-order valence-corrected chi connectivity index (χ4v) is 4.65. The molecule has 0 saturated carbocycles. The van der Waals surface area contributed by atoms with Crippen molar-refractivity contribution in [2.24, 2.45) is 5.92 Å². The second kappa shape index (κ2) is 24.6. The van der Waals surface area contributed by atoms with Gasteiger partial charge in [0.05, 0.1) is 0 Å². The van der Waals surface area contributed by atoms with E-state index in [9.17, 15) is 9.59 Å². The lowest BCUT2D eigenvalue weighted by Gasteiger charge is -2.29. The summed E-state index contributed by atoms with van der Waals surface area (Å²) >= 11 is 0. The third kappa shape index (κ3) is 16.5. The normalized spacial score (nSPS) is 10.7. The highest BCUT2D eigenvalue weighted by atomic mass is 16.2. The molecule has 4 heteroatoms. The Balaban J connectivity index is 4.42. The SMILES string of the molecule is C=CCN(CC=C)C(=O)C(CCCCCCCCCCCCCCCCC)C(=O)N(CC=C)CC=C. The number of carbonyl (C=O) groups is 2. The lowest BCUT2D eigenvalue weighted by atomic mass is 9.96. The summed E-state index contributed by atoms with van der Waals surface area (Å²) in [7, 11) is 0. The van der Waals surface area contributed by atoms with Crippen molar-refractivity contribution in [1.82, 2.24) is 9.80 Å². The van der Waals surface area contributed by atoms with Crippen LogP contribution < -0.4 is 0 Å². The van der Waals surface area contributed by atoms with E-state index >= 15 is 0 Å². The lowest BCUT2D eigenvalue weighted by Crippen LogP contribution is -2.45. The third-order valence-corrected chi connectivity index (χ3v) is 6.71. The van der Waals surface area contributed by atoms with Crippen LogP contribution in [0.2, 0.25) is 0 Å². The number of rotatable bonds is 26. The minimum Gasteiger partial charge on any atom is -0.335 e. The van der Waals surface area contributed by atoms with Crippen LogP contribution in [0.3, 0.4) is 0 Å². The van der Waals surface area contributed by atoms with Crippen molar-refractivity contribution in [1.29, 1.82) is 0 Å². The van der Waals surface area contributed by atoms with Crippen LogP contribution in [0.1, 0.15) is 110 Å². The summed E-state index contributed by atoms with van der Waals surface area (Å²) in [6.07, 6.45) is 26.8. The molecule has 0 aliphatic rings. The maximum Gasteiger partial charge on any atom is 0.235 e. The molecule has 206 valence electrons. The molecule has 0 heterocycles. The largest absolute Gasteiger partial charge is 0.335 e. The van der Waals surface area contributed by atoms with Gasteiger partial charge in [-0.15, -0.1) is 26.3 Å². The smallest absolute Gasteiger partial charge is 0.235 e. The Hall–Kier alpha value is -2.10. The van der Waals surface area contributed by atoms with E-state index in [0.717, 1.165) is 12.8 Å². The van der Waals surface area contributed by atoms with Crippen LogP contribution in [0.4, 0.5) is 0 Å². The summed E-state index contributed by atoms with van der Waals surface area (Å²) in [6, 6.07) is 0. The summed E-state index contributed by atoms with van der Waals surface area (Å²) in [5.74, 6) is -0.946. The van der Waals surface area contributed by atoms with Crippen molar-refractivity contribution in [3.05, 3.63) is 50.6 Å². The van der Waals surface area contributed by atoms with E-state index in [1.54, 1.807) is 34.1 Å². The average Bonchev–Trinajstić information content (AvgIpc) is 2.87. The maximum atomic E-state index is 13.3. The highest BCUT2D eigenvalue weighted by Gasteiger charge is 2.32. The fourth-order valence-electron chi connectivity index (χ4n) is 4.65. The molecule has 0 radical (unpaired) electrons. The predicted molar refractivity (Wildman–Crippen MR) is 157 cm³/mol. The van der Waals surface area contributed by atoms with Crippen LogP contribution >= 0.6 is 0 Å². The van der Waals surface area contributed by atoms with E-state index < -0.39 is 5.92 Å². The van der Waals surface area contributed by atoms with Crippen LogP contribution in [-0.4, -0.2) is 47.8 Å². The average molecular weight is 501 g/mol. The first-order chi connectivity index (χ1) is 17.6. The Morgan fingerprint density at radius 1 is 0.528 bits per heavy atom. The standard InChI is InChI=1S/C32H56N2O2/c1-6-11-12-13-14-15-16-17-18-19-20-21-22-23-24-25-30(31(35)33(26-7-2)27-8-3)32(36)34(28-9-4)29-10-5/h7-10,30H,2-6,11-29H2,1H3. The van der Waals surface area contributed by atoms with E-state index in [-0.39, 0.29) is 11.8 Å². The zero-order chi connectivity index (χ0) is 26.9. The Morgan fingerprint density at radius 3 is 1.08 bits per heavy atom. The van der Waals surface area contributed by atoms with Gasteiger partial charge in [0.2, 0.25) is 11.8 Å². The summed E-state index contributed by atoms with van der Waals surface area (Å²) in [5.41, 5.74) is 0. The molecular weight excluding hydrogens is 444 g/mol. The summed E-state index contributed by atoms with van der Waals surface area (Å²) in [6.45, 7) is 19.0. The van der Waals surface area contributed by atoms with Gasteiger partial charge in [-0.2, -0.15) is 0 Å². The Morgan fingerprint density at radius 2 is 0.806 bits per heavy atom. The van der Waals surface area contributed by atoms with Crippen LogP contribution in [0.15, 0.2) is 50.6 Å². The number of hydrogen-bond acceptors (Lipinski definition) is 2. The van der Waals surface area contributed by atoms with Crippen molar-refractivity contribution >= 4 is 11.8 Å². The third-order valence-electron chi connectivity index (χ3n) is 6.71. The van der Waals surface area contributed by atoms with E-state index in [4.69, 9.17) is 0 Å². The van der Waals surface area contributed by atoms with E-state index in [2.05, 4.69) is 33.2 Å². The van der Waals surface area contributed by atoms with Crippen molar-refractivity contribution in [3.8, 4) is 0 Å². The number of hydrogen-bond donors (Lipinski definition) is 0. The highest BCUT2D eigenvalue weighted by Crippen LogP contribution is 2.19. The van der Waals surface area contributed by atoms with Crippen molar-refractivity contribution in [2.45, 2.75) is 110 Å². The molecule has 0 saturated heterocycles. The van der Waals surface area contributed by atoms with Gasteiger partial charge in [0.15, 0.2) is 0 Å². The molecule has 0 unspecified atom stereocenters. The van der Waals surface area contributed by atoms with Gasteiger partial charge < -0.3 is 9.80 Å². The minimum absolute atomic E-state index is 0.136. The number of carbonyl (C=O) groups excluding carboxylic acids is 2. The summed E-state index contributed by atoms with van der Waals surface area (Å²) < 4.78 is 0. The minimum atomic E-state index is -0.674. The molecule has 0 aliphatic heterocycles. The molecular formula is C32H56N2O2. The van der Waals surface area contributed by atoms with Crippen LogP contribution in [0, 0.1) is 5.92 Å². The molecule has 2 amide bonds. The number of unbranched alkanes of at least 4 members (excludes halogenated alkanes) is 14. The monoisotopic (exact) mass is 500 g/mol. The molecule has 0 atom stereocenters. The Kier molecular flexibility index (Phi) is 23.2. The summed E-state index contributed by atoms with van der Waals surface area (Å²) in [4.78, 5) is 29.9. The Labute approximate surface area is 223 Å². The van der Waals surface area contributed by atoms with Crippen LogP contribution in [-0.2, 0) is 9.59 Å². The molecule has 0 N–H and O–H groups in total. The molecule has 0 aromatic carbocycles. The highest BCUT2D eigenvalue weighted by molar-refractivity contribution is 6.00. The first-order valence-electron chi connectivity index (χ1n) is 14.6. The molecule has 0 aromatic heterocycles. The van der Waals surface area contributed by atoms with Gasteiger partial charge in [0, 0.05) is 26.2 Å². The summed E-state index contributed by atoms with van der Waals surface area (Å²) in [5, 5.41) is 0. The van der Waals surface area contributed by atoms with Crippen LogP contribution in [0.5, 0.6) is 0 Å². The van der Waals surface area contributed by atoms with Gasteiger partial charge in [0.25, 0.3) is 0 Å². The number of amides is 2. The molecule has 4 nitrogen and oxygen atoms in total. The van der Waals surface area contributed by atoms with Crippen LogP contribution in [0.25, 0.3) is 0 Å². The molecule has 0 aliphatic carbocycles. The van der Waals surface area contributed by atoms with Gasteiger partial charge in [-0.3, -0.25) is 9.59 Å². The Bertz CT molecular complexity index is 557. The van der Waals surface area contributed by atoms with Crippen molar-refractivity contribution in [3.63, 3.8) is 0 Å². The maximum absolute atomic E-state index is 13.3. The van der Waals surface area contributed by atoms with Gasteiger partial charge in [-0.25, -0.2) is 0 Å². The van der Waals surface area contributed by atoms with Gasteiger partial charge in [-0.05, 0) is 6.42 Å². The zero-order valence-corrected chi connectivity index (χ0v) is 23.6. The second-order valence-corrected chi connectivity index (χ2v) is 9.93. The molecule has 0 fully saturated rings. The predicted octanol–water partition coefficient (Wildman–Crippen LogP) is 8.27. The first-order valence-corrected chi connectivity index (χ1v) is 14.6. The fraction of sp³-hybridized carbons (Fsp3) is 0.688. The lowest BCUT2D eigenvalue weighted by molar-refractivity contribution is -0.146. The molecule has 0 bridgehead atoms. The van der Waals surface area contributed by atoms with Gasteiger partial charge in [-0.1, -0.05) is 128 Å². The van der Waals surface area contributed by atoms with Gasteiger partial charge >= 0.3 is 0 Å². The molecule has 0 rings (SSSR count). The van der Waals surface area contributed by atoms with E-state index in [1.165, 1.54) is 83.5 Å². The van der Waals surface area contributed by atoms with Crippen molar-refractivity contribution < 1.29 is 9.59 Å². The zero-order valence-electron chi connectivity index (χ0n) is 23.6. The topological polar surface area (TPSA) is 40.6 Å². The van der Waals surface area contributed by atoms with Gasteiger partial charge in [0.1, 0.15) is 5.92 Å². The quantitative estimate of drug-likeness (QED) is 0.0681. The van der Waals surface area contributed by atoms with E-state index in [0.29, 0.717) is 32.6 Å². The second-order valence-electron chi connectivity index (χ2n) is 9.93. The van der Waals surface area contributed by atoms with Crippen molar-refractivity contribution in [2.75, 3.05) is 26.2 Å². The molecule has 36 heavy (non-hydrogen) atoms. The first kappa shape index (κ1) is 33.9. The molecule has 0 aromatic rings. The molecule has 0 spiro atoms. The van der Waals surface area contributed by atoms with E-state index in [1.807, 2.05) is 0 Å².